The summed E-state index contributed by atoms with van der Waals surface area (Å²) in [7, 11) is 0. The molecule has 5 rings (SSSR count). The maximum atomic E-state index is 12.5. The summed E-state index contributed by atoms with van der Waals surface area (Å²) >= 11 is 0. The van der Waals surface area contributed by atoms with E-state index in [1.807, 2.05) is 19.1 Å². The van der Waals surface area contributed by atoms with Crippen molar-refractivity contribution >= 4 is 23.9 Å². The van der Waals surface area contributed by atoms with Gasteiger partial charge in [0.15, 0.2) is 17.2 Å². The number of carbonyl (C=O) groups is 2. The molecule has 158 valence electrons. The van der Waals surface area contributed by atoms with Gasteiger partial charge in [0.2, 0.25) is 12.7 Å². The third kappa shape index (κ3) is 3.83. The van der Waals surface area contributed by atoms with Gasteiger partial charge in [-0.2, -0.15) is 0 Å². The summed E-state index contributed by atoms with van der Waals surface area (Å²) in [5.41, 5.74) is 2.68. The Hall–Kier alpha value is -4.39. The topological polar surface area (TPSA) is 83.4 Å². The lowest BCUT2D eigenvalue weighted by Crippen LogP contribution is -2.09. The second kappa shape index (κ2) is 8.03. The van der Waals surface area contributed by atoms with Gasteiger partial charge < -0.3 is 18.9 Å². The van der Waals surface area contributed by atoms with Crippen LogP contribution in [-0.4, -0.2) is 24.6 Å². The first kappa shape index (κ1) is 19.6. The van der Waals surface area contributed by atoms with Crippen LogP contribution in [0.5, 0.6) is 17.2 Å². The van der Waals surface area contributed by atoms with Gasteiger partial charge in [-0.15, -0.1) is 0 Å². The van der Waals surface area contributed by atoms with Crippen LogP contribution in [0.1, 0.15) is 27.0 Å². The van der Waals surface area contributed by atoms with Gasteiger partial charge in [0.05, 0.1) is 5.56 Å². The van der Waals surface area contributed by atoms with Crippen LogP contribution in [0.4, 0.5) is 0 Å². The van der Waals surface area contributed by atoms with Gasteiger partial charge in [-0.25, -0.2) is 14.6 Å². The van der Waals surface area contributed by atoms with Gasteiger partial charge in [-0.1, -0.05) is 35.9 Å². The Morgan fingerprint density at radius 2 is 1.78 bits per heavy atom. The van der Waals surface area contributed by atoms with Crippen molar-refractivity contribution in [3.05, 3.63) is 94.7 Å². The number of nitrogens with zero attached hydrogens (tertiary/aromatic N) is 1. The zero-order chi connectivity index (χ0) is 22.1. The molecule has 32 heavy (non-hydrogen) atoms. The highest BCUT2D eigenvalue weighted by Gasteiger charge is 2.26. The Kier molecular flexibility index (Phi) is 4.91. The van der Waals surface area contributed by atoms with Gasteiger partial charge >= 0.3 is 11.9 Å². The average Bonchev–Trinajstić information content (AvgIpc) is 3.41. The lowest BCUT2D eigenvalue weighted by Gasteiger charge is -2.07. The maximum Gasteiger partial charge on any atom is 0.363 e. The van der Waals surface area contributed by atoms with Gasteiger partial charge in [0.25, 0.3) is 0 Å². The minimum atomic E-state index is -0.600. The molecule has 7 heteroatoms. The Bertz CT molecular complexity index is 1290. The summed E-state index contributed by atoms with van der Waals surface area (Å²) in [6.45, 7) is 2.09. The normalized spacial score (nSPS) is 15.5. The number of benzene rings is 3. The fourth-order valence-corrected chi connectivity index (χ4v) is 3.25. The summed E-state index contributed by atoms with van der Waals surface area (Å²) in [5, 5.41) is 0. The highest BCUT2D eigenvalue weighted by atomic mass is 16.7. The van der Waals surface area contributed by atoms with Crippen molar-refractivity contribution < 1.29 is 28.5 Å². The molecule has 2 aliphatic heterocycles. The minimum Gasteiger partial charge on any atom is -0.454 e. The molecule has 3 aromatic rings. The molecular formula is C25H17NO6. The first-order valence-electron chi connectivity index (χ1n) is 9.87. The molecule has 0 spiro atoms. The van der Waals surface area contributed by atoms with Crippen LogP contribution in [0.15, 0.2) is 77.4 Å². The van der Waals surface area contributed by atoms with E-state index in [0.717, 1.165) is 5.56 Å². The number of esters is 2. The van der Waals surface area contributed by atoms with Crippen molar-refractivity contribution in [1.29, 1.82) is 0 Å². The quantitative estimate of drug-likeness (QED) is 0.351. The van der Waals surface area contributed by atoms with Crippen LogP contribution in [0.2, 0.25) is 0 Å². The van der Waals surface area contributed by atoms with Crippen molar-refractivity contribution in [2.24, 2.45) is 4.99 Å². The van der Waals surface area contributed by atoms with E-state index in [1.165, 1.54) is 6.08 Å². The fourth-order valence-electron chi connectivity index (χ4n) is 3.25. The molecule has 2 heterocycles. The first-order chi connectivity index (χ1) is 15.6. The number of cyclic esters (lactones) is 1. The van der Waals surface area contributed by atoms with E-state index in [0.29, 0.717) is 33.9 Å². The van der Waals surface area contributed by atoms with Crippen molar-refractivity contribution in [3.63, 3.8) is 0 Å². The van der Waals surface area contributed by atoms with Gasteiger partial charge in [0, 0.05) is 11.1 Å². The number of ether oxygens (including phenoxy) is 4. The lowest BCUT2D eigenvalue weighted by atomic mass is 10.1. The fraction of sp³-hybridized carbons (Fsp3) is 0.0800. The van der Waals surface area contributed by atoms with Crippen LogP contribution in [0.25, 0.3) is 6.08 Å². The number of hydrogen-bond acceptors (Lipinski definition) is 7. The SMILES string of the molecule is Cc1ccc(C(=O)Oc2ccccc2/C=C2/N=C(c3ccc4c(c3)OCO4)OC2=O)cc1. The molecule has 0 atom stereocenters. The van der Waals surface area contributed by atoms with Crippen molar-refractivity contribution in [1.82, 2.24) is 0 Å². The summed E-state index contributed by atoms with van der Waals surface area (Å²) in [4.78, 5) is 29.3. The van der Waals surface area contributed by atoms with Crippen molar-refractivity contribution in [2.45, 2.75) is 6.92 Å². The molecule has 0 amide bonds. The molecule has 7 nitrogen and oxygen atoms in total. The monoisotopic (exact) mass is 427 g/mol. The Balaban J connectivity index is 1.42. The largest absolute Gasteiger partial charge is 0.454 e. The average molecular weight is 427 g/mol. The number of aliphatic imine (C=N–C) groups is 1. The molecule has 0 aliphatic carbocycles. The molecule has 0 bridgehead atoms. The van der Waals surface area contributed by atoms with Crippen LogP contribution in [0, 0.1) is 6.92 Å². The van der Waals surface area contributed by atoms with Gasteiger partial charge in [-0.3, -0.25) is 0 Å². The lowest BCUT2D eigenvalue weighted by molar-refractivity contribution is -0.129. The molecule has 0 N–H and O–H groups in total. The highest BCUT2D eigenvalue weighted by molar-refractivity contribution is 6.13. The predicted octanol–water partition coefficient (Wildman–Crippen LogP) is 4.29. The number of hydrogen-bond donors (Lipinski definition) is 0. The van der Waals surface area contributed by atoms with E-state index in [-0.39, 0.29) is 18.4 Å². The number of rotatable bonds is 4. The standard InChI is InChI=1S/C25H17NO6/c1-15-6-8-16(9-7-15)24(27)31-20-5-3-2-4-17(20)12-19-25(28)32-23(26-19)18-10-11-21-22(13-18)30-14-29-21/h2-13H,14H2,1H3/b19-12+. The summed E-state index contributed by atoms with van der Waals surface area (Å²) < 4.78 is 21.6. The van der Waals surface area contributed by atoms with E-state index < -0.39 is 11.9 Å². The van der Waals surface area contributed by atoms with E-state index in [2.05, 4.69) is 4.99 Å². The molecule has 0 saturated heterocycles. The van der Waals surface area contributed by atoms with Crippen LogP contribution in [-0.2, 0) is 9.53 Å². The number of carbonyl (C=O) groups excluding carboxylic acids is 2. The van der Waals surface area contributed by atoms with Gasteiger partial charge in [0.1, 0.15) is 5.75 Å². The Morgan fingerprint density at radius 1 is 1.00 bits per heavy atom. The second-order valence-corrected chi connectivity index (χ2v) is 7.20. The highest BCUT2D eigenvalue weighted by Crippen LogP contribution is 2.34. The summed E-state index contributed by atoms with van der Waals surface area (Å²) in [6.07, 6.45) is 1.53. The summed E-state index contributed by atoms with van der Waals surface area (Å²) in [6, 6.07) is 19.2. The second-order valence-electron chi connectivity index (χ2n) is 7.20. The van der Waals surface area contributed by atoms with E-state index >= 15 is 0 Å². The van der Waals surface area contributed by atoms with Crippen LogP contribution < -0.4 is 14.2 Å². The zero-order valence-electron chi connectivity index (χ0n) is 17.0. The van der Waals surface area contributed by atoms with Crippen LogP contribution >= 0.6 is 0 Å². The predicted molar refractivity (Wildman–Crippen MR) is 116 cm³/mol. The molecule has 0 aromatic heterocycles. The first-order valence-corrected chi connectivity index (χ1v) is 9.87. The smallest absolute Gasteiger partial charge is 0.363 e. The minimum absolute atomic E-state index is 0.0940. The Labute approximate surface area is 183 Å². The van der Waals surface area contributed by atoms with Gasteiger partial charge in [-0.05, 0) is 49.4 Å². The zero-order valence-corrected chi connectivity index (χ0v) is 17.0. The Morgan fingerprint density at radius 3 is 2.62 bits per heavy atom. The van der Waals surface area contributed by atoms with Crippen LogP contribution in [0.3, 0.4) is 0 Å². The number of para-hydroxylation sites is 1. The van der Waals surface area contributed by atoms with Crippen molar-refractivity contribution in [2.75, 3.05) is 6.79 Å². The molecule has 0 saturated carbocycles. The molecule has 3 aromatic carbocycles. The molecule has 0 radical (unpaired) electrons. The molecule has 0 fully saturated rings. The van der Waals surface area contributed by atoms with E-state index in [9.17, 15) is 9.59 Å². The third-order valence-corrected chi connectivity index (χ3v) is 4.94. The maximum absolute atomic E-state index is 12.5. The summed E-state index contributed by atoms with van der Waals surface area (Å²) in [5.74, 6) is 0.566. The van der Waals surface area contributed by atoms with E-state index in [4.69, 9.17) is 18.9 Å². The molecular weight excluding hydrogens is 410 g/mol. The van der Waals surface area contributed by atoms with Crippen molar-refractivity contribution in [3.8, 4) is 17.2 Å². The molecule has 0 unspecified atom stereocenters. The third-order valence-electron chi connectivity index (χ3n) is 4.94. The van der Waals surface area contributed by atoms with E-state index in [1.54, 1.807) is 54.6 Å². The molecule has 2 aliphatic rings. The number of aryl methyl sites for hydroxylation is 1. The number of fused-ring (bicyclic) bond motifs is 1.